The zero-order valence-corrected chi connectivity index (χ0v) is 18.2. The van der Waals surface area contributed by atoms with E-state index in [1.165, 1.54) is 18.5 Å². The van der Waals surface area contributed by atoms with Gasteiger partial charge < -0.3 is 16.2 Å². The van der Waals surface area contributed by atoms with Crippen molar-refractivity contribution in [3.05, 3.63) is 76.8 Å². The van der Waals surface area contributed by atoms with E-state index in [1.807, 2.05) is 0 Å². The van der Waals surface area contributed by atoms with Gasteiger partial charge in [-0.05, 0) is 36.2 Å². The van der Waals surface area contributed by atoms with Gasteiger partial charge in [0.25, 0.3) is 5.91 Å². The highest BCUT2D eigenvalue weighted by molar-refractivity contribution is 6.30. The molecule has 4 aromatic rings. The summed E-state index contributed by atoms with van der Waals surface area (Å²) in [5, 5.41) is 17.4. The number of rotatable bonds is 6. The second-order valence-corrected chi connectivity index (χ2v) is 7.86. The maximum Gasteiger partial charge on any atom is 0.418 e. The van der Waals surface area contributed by atoms with Crippen LogP contribution in [-0.4, -0.2) is 37.1 Å². The van der Waals surface area contributed by atoms with Gasteiger partial charge in [0, 0.05) is 29.5 Å². The third-order valence-electron chi connectivity index (χ3n) is 5.14. The molecule has 1 aromatic carbocycles. The number of halogens is 4. The highest BCUT2D eigenvalue weighted by Crippen LogP contribution is 2.38. The molecular formula is C22H18ClF3N6O2. The number of aliphatic hydroxyl groups is 1. The minimum absolute atomic E-state index is 0.0525. The second kappa shape index (κ2) is 9.27. The molecule has 0 saturated heterocycles. The number of hydrogen-bond donors (Lipinski definition) is 3. The van der Waals surface area contributed by atoms with Crippen LogP contribution in [0.5, 0.6) is 0 Å². The van der Waals surface area contributed by atoms with Gasteiger partial charge in [0.2, 0.25) is 0 Å². The molecule has 0 bridgehead atoms. The van der Waals surface area contributed by atoms with Crippen molar-refractivity contribution in [1.29, 1.82) is 0 Å². The number of anilines is 1. The van der Waals surface area contributed by atoms with Crippen LogP contribution in [0.1, 0.15) is 34.0 Å². The molecule has 0 saturated carbocycles. The lowest BCUT2D eigenvalue weighted by Crippen LogP contribution is -2.25. The van der Waals surface area contributed by atoms with Crippen LogP contribution in [0.15, 0.2) is 55.1 Å². The summed E-state index contributed by atoms with van der Waals surface area (Å²) in [6, 6.07) is 8.98. The van der Waals surface area contributed by atoms with Crippen molar-refractivity contribution in [1.82, 2.24) is 24.9 Å². The molecule has 0 aliphatic rings. The first-order valence-electron chi connectivity index (χ1n) is 10.0. The second-order valence-electron chi connectivity index (χ2n) is 7.42. The molecule has 8 nitrogen and oxygen atoms in total. The van der Waals surface area contributed by atoms with Gasteiger partial charge in [-0.25, -0.2) is 9.50 Å². The molecule has 176 valence electrons. The minimum Gasteiger partial charge on any atom is -0.388 e. The van der Waals surface area contributed by atoms with Crippen molar-refractivity contribution < 1.29 is 23.1 Å². The maximum absolute atomic E-state index is 13.6. The predicted molar refractivity (Wildman–Crippen MR) is 119 cm³/mol. The predicted octanol–water partition coefficient (Wildman–Crippen LogP) is 3.90. The molecule has 3 aromatic heterocycles. The maximum atomic E-state index is 13.6. The summed E-state index contributed by atoms with van der Waals surface area (Å²) in [6.07, 6.45) is -1.59. The molecule has 0 aliphatic carbocycles. The van der Waals surface area contributed by atoms with Gasteiger partial charge in [0.15, 0.2) is 5.82 Å². The van der Waals surface area contributed by atoms with Gasteiger partial charge in [-0.15, -0.1) is 0 Å². The number of pyridine rings is 1. The average Bonchev–Trinajstić information content (AvgIpc) is 3.21. The van der Waals surface area contributed by atoms with Crippen LogP contribution in [0.4, 0.5) is 19.0 Å². The Balaban J connectivity index is 1.53. The molecule has 3 heterocycles. The molecular weight excluding hydrogens is 473 g/mol. The fourth-order valence-corrected chi connectivity index (χ4v) is 3.60. The molecule has 0 unspecified atom stereocenters. The molecule has 0 spiro atoms. The largest absolute Gasteiger partial charge is 0.418 e. The summed E-state index contributed by atoms with van der Waals surface area (Å²) < 4.78 is 41.7. The monoisotopic (exact) mass is 490 g/mol. The van der Waals surface area contributed by atoms with Gasteiger partial charge in [-0.2, -0.15) is 18.3 Å². The quantitative estimate of drug-likeness (QED) is 0.377. The number of nitrogens with one attached hydrogen (secondary N) is 1. The highest BCUT2D eigenvalue weighted by Gasteiger charge is 2.36. The molecule has 4 rings (SSSR count). The molecule has 34 heavy (non-hydrogen) atoms. The van der Waals surface area contributed by atoms with Crippen LogP contribution in [0.3, 0.4) is 0 Å². The molecule has 1 amide bonds. The van der Waals surface area contributed by atoms with Crippen molar-refractivity contribution in [2.45, 2.75) is 18.7 Å². The highest BCUT2D eigenvalue weighted by atomic mass is 35.5. The number of alkyl halides is 3. The Kier molecular flexibility index (Phi) is 6.40. The lowest BCUT2D eigenvalue weighted by molar-refractivity contribution is -0.136. The number of aliphatic hydroxyl groups excluding tert-OH is 1. The summed E-state index contributed by atoms with van der Waals surface area (Å²) >= 11 is 5.84. The summed E-state index contributed by atoms with van der Waals surface area (Å²) in [7, 11) is 0. The number of fused-ring (bicyclic) bond motifs is 1. The number of hydrogen-bond acceptors (Lipinski definition) is 6. The molecule has 12 heteroatoms. The van der Waals surface area contributed by atoms with Gasteiger partial charge >= 0.3 is 6.18 Å². The molecule has 4 N–H and O–H groups in total. The van der Waals surface area contributed by atoms with Crippen LogP contribution < -0.4 is 11.1 Å². The van der Waals surface area contributed by atoms with E-state index in [2.05, 4.69) is 20.4 Å². The van der Waals surface area contributed by atoms with E-state index in [1.54, 1.807) is 24.3 Å². The van der Waals surface area contributed by atoms with Crippen LogP contribution in [-0.2, 0) is 6.18 Å². The van der Waals surface area contributed by atoms with E-state index in [0.717, 1.165) is 16.9 Å². The number of benzene rings is 1. The number of carbonyl (C=O) groups is 1. The van der Waals surface area contributed by atoms with Crippen LogP contribution in [0.2, 0.25) is 5.02 Å². The summed E-state index contributed by atoms with van der Waals surface area (Å²) in [6.45, 7) is 0.156. The SMILES string of the molecule is Nc1ncnn2c(-c3cncc(C(=O)NCC[C@H](O)c4ccc(Cl)cc4)c3)cc(C(F)(F)F)c12. The number of carbonyl (C=O) groups excluding carboxylic acids is 1. The third kappa shape index (κ3) is 4.80. The minimum atomic E-state index is -4.68. The number of amides is 1. The van der Waals surface area contributed by atoms with E-state index in [0.29, 0.717) is 10.6 Å². The van der Waals surface area contributed by atoms with E-state index >= 15 is 0 Å². The van der Waals surface area contributed by atoms with Gasteiger partial charge in [0.05, 0.1) is 22.9 Å². The first-order valence-corrected chi connectivity index (χ1v) is 10.4. The zero-order chi connectivity index (χ0) is 24.5. The van der Waals surface area contributed by atoms with Crippen molar-refractivity contribution >= 4 is 28.8 Å². The molecule has 0 radical (unpaired) electrons. The number of nitrogens with two attached hydrogens (primary N) is 1. The summed E-state index contributed by atoms with van der Waals surface area (Å²) in [4.78, 5) is 20.2. The van der Waals surface area contributed by atoms with E-state index < -0.39 is 23.8 Å². The average molecular weight is 491 g/mol. The molecule has 1 atom stereocenters. The lowest BCUT2D eigenvalue weighted by atomic mass is 10.1. The first-order chi connectivity index (χ1) is 16.1. The summed E-state index contributed by atoms with van der Waals surface area (Å²) in [5.41, 5.74) is 5.37. The lowest BCUT2D eigenvalue weighted by Gasteiger charge is -2.12. The summed E-state index contributed by atoms with van der Waals surface area (Å²) in [5.74, 6) is -0.821. The Labute approximate surface area is 196 Å². The van der Waals surface area contributed by atoms with E-state index in [4.69, 9.17) is 17.3 Å². The first kappa shape index (κ1) is 23.5. The van der Waals surface area contributed by atoms with E-state index in [9.17, 15) is 23.1 Å². The number of nitrogens with zero attached hydrogens (tertiary/aromatic N) is 4. The standard InChI is InChI=1S/C22H18ClF3N6O2/c23-15-3-1-12(2-4-15)18(33)5-6-29-21(34)14-7-13(9-28-10-14)17-8-16(22(24,25)26)19-20(27)30-11-31-32(17)19/h1-4,7-11,18,33H,5-6H2,(H,29,34)(H2,27,30,31)/t18-/m0/s1. The third-order valence-corrected chi connectivity index (χ3v) is 5.39. The Morgan fingerprint density at radius 3 is 2.65 bits per heavy atom. The Morgan fingerprint density at radius 1 is 1.21 bits per heavy atom. The Hall–Kier alpha value is -3.70. The van der Waals surface area contributed by atoms with Crippen LogP contribution in [0, 0.1) is 0 Å². The van der Waals surface area contributed by atoms with Crippen molar-refractivity contribution in [2.75, 3.05) is 12.3 Å². The molecule has 0 aliphatic heterocycles. The fraction of sp³-hybridized carbons (Fsp3) is 0.182. The topological polar surface area (TPSA) is 118 Å². The van der Waals surface area contributed by atoms with Crippen LogP contribution >= 0.6 is 11.6 Å². The van der Waals surface area contributed by atoms with Gasteiger partial charge in [-0.3, -0.25) is 9.78 Å². The van der Waals surface area contributed by atoms with Crippen molar-refractivity contribution in [3.8, 4) is 11.3 Å². The normalized spacial score (nSPS) is 12.6. The van der Waals surface area contributed by atoms with Gasteiger partial charge in [0.1, 0.15) is 11.8 Å². The van der Waals surface area contributed by atoms with Crippen LogP contribution in [0.25, 0.3) is 16.8 Å². The molecule has 0 fully saturated rings. The van der Waals surface area contributed by atoms with Crippen molar-refractivity contribution in [2.24, 2.45) is 0 Å². The Morgan fingerprint density at radius 2 is 1.94 bits per heavy atom. The zero-order valence-electron chi connectivity index (χ0n) is 17.4. The number of aromatic nitrogens is 4. The number of nitrogen functional groups attached to an aromatic ring is 1. The smallest absolute Gasteiger partial charge is 0.388 e. The fourth-order valence-electron chi connectivity index (χ4n) is 3.47. The van der Waals surface area contributed by atoms with E-state index in [-0.39, 0.29) is 41.1 Å². The van der Waals surface area contributed by atoms with Gasteiger partial charge in [-0.1, -0.05) is 23.7 Å². The van der Waals surface area contributed by atoms with Crippen molar-refractivity contribution in [3.63, 3.8) is 0 Å². The Bertz CT molecular complexity index is 1340.